The molecule has 2 aliphatic rings. The molecule has 5 nitrogen and oxygen atoms in total. The van der Waals surface area contributed by atoms with E-state index in [1.54, 1.807) is 0 Å². The largest absolute Gasteiger partial charge is 0.350 e. The van der Waals surface area contributed by atoms with Crippen LogP contribution in [0.3, 0.4) is 0 Å². The number of nitrogens with one attached hydrogen (secondary N) is 1. The van der Waals surface area contributed by atoms with Crippen molar-refractivity contribution in [2.75, 3.05) is 0 Å². The molecular weight excluding hydrogens is 206 g/mol. The summed E-state index contributed by atoms with van der Waals surface area (Å²) < 4.78 is 0. The number of hydrogen-bond donors (Lipinski definition) is 2. The fraction of sp³-hybridized carbons (Fsp3) is 0.727. The molecule has 0 unspecified atom stereocenters. The average molecular weight is 223 g/mol. The second-order valence-corrected chi connectivity index (χ2v) is 5.45. The topological polar surface area (TPSA) is 84.6 Å². The Hall–Kier alpha value is -1.39. The SMILES string of the molecule is CC1(C)[C@@H]2CC[C@@]1(C)C(=O)/C2=N/NC(N)=O. The number of carbonyl (C=O) groups excluding carboxylic acids is 2. The molecule has 2 amide bonds. The van der Waals surface area contributed by atoms with Crippen molar-refractivity contribution in [3.63, 3.8) is 0 Å². The molecular formula is C11H17N3O2. The molecule has 0 spiro atoms. The molecule has 2 fully saturated rings. The molecule has 0 aliphatic heterocycles. The quantitative estimate of drug-likeness (QED) is 0.651. The molecule has 0 aromatic carbocycles. The number of primary amides is 1. The van der Waals surface area contributed by atoms with Crippen molar-refractivity contribution in [1.82, 2.24) is 5.43 Å². The van der Waals surface area contributed by atoms with Gasteiger partial charge in [0.25, 0.3) is 0 Å². The molecule has 0 aromatic heterocycles. The van der Waals surface area contributed by atoms with E-state index in [9.17, 15) is 9.59 Å². The van der Waals surface area contributed by atoms with E-state index >= 15 is 0 Å². The number of fused-ring (bicyclic) bond motifs is 2. The first kappa shape index (κ1) is 11.1. The molecule has 0 radical (unpaired) electrons. The number of urea groups is 1. The van der Waals surface area contributed by atoms with Gasteiger partial charge in [0.05, 0.1) is 0 Å². The summed E-state index contributed by atoms with van der Waals surface area (Å²) in [6, 6.07) is -0.731. The van der Waals surface area contributed by atoms with Crippen LogP contribution in [0.1, 0.15) is 33.6 Å². The number of Topliss-reactive ketones (excluding diaryl/α,β-unsaturated/α-hetero) is 1. The predicted octanol–water partition coefficient (Wildman–Crippen LogP) is 1.04. The van der Waals surface area contributed by atoms with Crippen LogP contribution in [0.25, 0.3) is 0 Å². The molecule has 16 heavy (non-hydrogen) atoms. The van der Waals surface area contributed by atoms with E-state index in [1.807, 2.05) is 6.92 Å². The minimum atomic E-state index is -0.731. The summed E-state index contributed by atoms with van der Waals surface area (Å²) in [7, 11) is 0. The maximum absolute atomic E-state index is 12.2. The van der Waals surface area contributed by atoms with E-state index in [0.29, 0.717) is 5.71 Å². The van der Waals surface area contributed by atoms with Crippen LogP contribution in [-0.4, -0.2) is 17.5 Å². The summed E-state index contributed by atoms with van der Waals surface area (Å²) in [6.07, 6.45) is 1.85. The summed E-state index contributed by atoms with van der Waals surface area (Å²) in [5, 5.41) is 3.87. The van der Waals surface area contributed by atoms with E-state index in [2.05, 4.69) is 24.4 Å². The standard InChI is InChI=1S/C11H17N3O2/c1-10(2)6-4-5-11(10,3)8(15)7(6)13-14-9(12)16/h6H,4-5H2,1-3H3,(H3,12,14,16)/b13-7+/t6-,11+/m1/s1. The normalized spacial score (nSPS) is 38.1. The Kier molecular flexibility index (Phi) is 2.12. The maximum atomic E-state index is 12.2. The zero-order chi connectivity index (χ0) is 12.1. The average Bonchev–Trinajstić information content (AvgIpc) is 2.47. The first-order valence-electron chi connectivity index (χ1n) is 5.48. The fourth-order valence-electron chi connectivity index (χ4n) is 3.07. The van der Waals surface area contributed by atoms with E-state index in [1.165, 1.54) is 0 Å². The molecule has 5 heteroatoms. The van der Waals surface area contributed by atoms with Gasteiger partial charge in [-0.15, -0.1) is 0 Å². The van der Waals surface area contributed by atoms with Crippen LogP contribution < -0.4 is 11.2 Å². The van der Waals surface area contributed by atoms with Gasteiger partial charge in [0.1, 0.15) is 5.71 Å². The Morgan fingerprint density at radius 2 is 2.12 bits per heavy atom. The number of hydrazone groups is 1. The molecule has 88 valence electrons. The third-order valence-corrected chi connectivity index (χ3v) is 4.58. The predicted molar refractivity (Wildman–Crippen MR) is 59.8 cm³/mol. The van der Waals surface area contributed by atoms with E-state index in [4.69, 9.17) is 5.73 Å². The van der Waals surface area contributed by atoms with E-state index in [0.717, 1.165) is 12.8 Å². The van der Waals surface area contributed by atoms with Crippen molar-refractivity contribution >= 4 is 17.5 Å². The molecule has 3 N–H and O–H groups in total. The third kappa shape index (κ3) is 1.14. The number of amides is 2. The van der Waals surface area contributed by atoms with Crippen LogP contribution in [0.5, 0.6) is 0 Å². The van der Waals surface area contributed by atoms with Crippen LogP contribution in [0.2, 0.25) is 0 Å². The zero-order valence-corrected chi connectivity index (χ0v) is 9.83. The summed E-state index contributed by atoms with van der Waals surface area (Å²) in [5.41, 5.74) is 7.18. The first-order valence-corrected chi connectivity index (χ1v) is 5.48. The number of carbonyl (C=O) groups is 2. The zero-order valence-electron chi connectivity index (χ0n) is 9.83. The molecule has 2 aliphatic carbocycles. The lowest BCUT2D eigenvalue weighted by atomic mass is 9.70. The van der Waals surface area contributed by atoms with Crippen LogP contribution in [0.4, 0.5) is 4.79 Å². The summed E-state index contributed by atoms with van der Waals surface area (Å²) in [4.78, 5) is 22.8. The minimum Gasteiger partial charge on any atom is -0.350 e. The second kappa shape index (κ2) is 3.06. The highest BCUT2D eigenvalue weighted by molar-refractivity contribution is 6.45. The van der Waals surface area contributed by atoms with Crippen LogP contribution in [0, 0.1) is 16.7 Å². The van der Waals surface area contributed by atoms with Gasteiger partial charge < -0.3 is 5.73 Å². The van der Waals surface area contributed by atoms with Gasteiger partial charge in [0, 0.05) is 11.3 Å². The first-order chi connectivity index (χ1) is 7.30. The highest BCUT2D eigenvalue weighted by Crippen LogP contribution is 2.62. The lowest BCUT2D eigenvalue weighted by molar-refractivity contribution is -0.123. The molecule has 2 saturated carbocycles. The Morgan fingerprint density at radius 1 is 1.50 bits per heavy atom. The number of ketones is 1. The monoisotopic (exact) mass is 223 g/mol. The van der Waals surface area contributed by atoms with Gasteiger partial charge in [0.15, 0.2) is 5.78 Å². The molecule has 2 atom stereocenters. The van der Waals surface area contributed by atoms with Gasteiger partial charge in [-0.2, -0.15) is 5.10 Å². The Balaban J connectivity index is 2.37. The van der Waals surface area contributed by atoms with Crippen molar-refractivity contribution < 1.29 is 9.59 Å². The van der Waals surface area contributed by atoms with Gasteiger partial charge in [-0.1, -0.05) is 20.8 Å². The van der Waals surface area contributed by atoms with Gasteiger partial charge >= 0.3 is 6.03 Å². The minimum absolute atomic E-state index is 0.0579. The summed E-state index contributed by atoms with van der Waals surface area (Å²) >= 11 is 0. The Labute approximate surface area is 94.5 Å². The number of rotatable bonds is 1. The lowest BCUT2D eigenvalue weighted by Crippen LogP contribution is -2.34. The summed E-state index contributed by atoms with van der Waals surface area (Å²) in [5.74, 6) is 0.194. The van der Waals surface area contributed by atoms with E-state index < -0.39 is 6.03 Å². The van der Waals surface area contributed by atoms with Crippen molar-refractivity contribution in [1.29, 1.82) is 0 Å². The third-order valence-electron chi connectivity index (χ3n) is 4.58. The smallest absolute Gasteiger partial charge is 0.332 e. The van der Waals surface area contributed by atoms with Crippen molar-refractivity contribution in [3.8, 4) is 0 Å². The van der Waals surface area contributed by atoms with Crippen LogP contribution >= 0.6 is 0 Å². The fourth-order valence-corrected chi connectivity index (χ4v) is 3.07. The molecule has 0 aromatic rings. The van der Waals surface area contributed by atoms with Crippen molar-refractivity contribution in [2.45, 2.75) is 33.6 Å². The number of nitrogens with two attached hydrogens (primary N) is 1. The van der Waals surface area contributed by atoms with E-state index in [-0.39, 0.29) is 22.5 Å². The van der Waals surface area contributed by atoms with Gasteiger partial charge in [0.2, 0.25) is 0 Å². The number of nitrogens with zero attached hydrogens (tertiary/aromatic N) is 1. The molecule has 2 rings (SSSR count). The molecule has 0 saturated heterocycles. The summed E-state index contributed by atoms with van der Waals surface area (Å²) in [6.45, 7) is 6.17. The number of hydrogen-bond acceptors (Lipinski definition) is 3. The van der Waals surface area contributed by atoms with Crippen molar-refractivity contribution in [2.24, 2.45) is 27.6 Å². The maximum Gasteiger partial charge on any atom is 0.332 e. The van der Waals surface area contributed by atoms with Crippen LogP contribution in [0.15, 0.2) is 5.10 Å². The van der Waals surface area contributed by atoms with Crippen molar-refractivity contribution in [3.05, 3.63) is 0 Å². The molecule has 2 bridgehead atoms. The van der Waals surface area contributed by atoms with Gasteiger partial charge in [-0.3, -0.25) is 4.79 Å². The highest BCUT2D eigenvalue weighted by Gasteiger charge is 2.65. The Morgan fingerprint density at radius 3 is 2.56 bits per heavy atom. The Bertz CT molecular complexity index is 400. The van der Waals surface area contributed by atoms with Crippen LogP contribution in [-0.2, 0) is 4.79 Å². The van der Waals surface area contributed by atoms with Gasteiger partial charge in [-0.05, 0) is 18.3 Å². The molecule has 0 heterocycles. The lowest BCUT2D eigenvalue weighted by Gasteiger charge is -2.31. The second-order valence-electron chi connectivity index (χ2n) is 5.45. The highest BCUT2D eigenvalue weighted by atomic mass is 16.2. The van der Waals surface area contributed by atoms with Gasteiger partial charge in [-0.25, -0.2) is 10.2 Å².